The highest BCUT2D eigenvalue weighted by molar-refractivity contribution is 5.66. The summed E-state index contributed by atoms with van der Waals surface area (Å²) in [6, 6.07) is 30.6. The fourth-order valence-electron chi connectivity index (χ4n) is 4.78. The molecule has 6 nitrogen and oxygen atoms in total. The molecule has 0 aliphatic rings. The number of hydrogen-bond acceptors (Lipinski definition) is 3. The molecule has 4 aromatic carbocycles. The third kappa shape index (κ3) is 4.57. The summed E-state index contributed by atoms with van der Waals surface area (Å²) in [6.07, 6.45) is 0. The van der Waals surface area contributed by atoms with Crippen molar-refractivity contribution in [3.05, 3.63) is 134 Å². The van der Waals surface area contributed by atoms with E-state index in [-0.39, 0.29) is 22.7 Å². The molecule has 6 bridgehead atoms. The predicted molar refractivity (Wildman–Crippen MR) is 156 cm³/mol. The number of aryl methyl sites for hydroxylation is 1. The number of nitrogens with zero attached hydrogens (tertiary/aromatic N) is 3. The quantitative estimate of drug-likeness (QED) is 0.308. The van der Waals surface area contributed by atoms with Gasteiger partial charge in [0.25, 0.3) is 16.7 Å². The van der Waals surface area contributed by atoms with Gasteiger partial charge in [-0.2, -0.15) is 0 Å². The zero-order valence-corrected chi connectivity index (χ0v) is 21.7. The van der Waals surface area contributed by atoms with Gasteiger partial charge in [0.05, 0.1) is 0 Å². The van der Waals surface area contributed by atoms with E-state index in [4.69, 9.17) is 0 Å². The van der Waals surface area contributed by atoms with Gasteiger partial charge in [0.2, 0.25) is 0 Å². The number of rotatable bonds is 3. The Bertz CT molecular complexity index is 1890. The third-order valence-corrected chi connectivity index (χ3v) is 6.70. The zero-order chi connectivity index (χ0) is 26.8. The van der Waals surface area contributed by atoms with Crippen LogP contribution in [0.25, 0.3) is 38.4 Å². The van der Waals surface area contributed by atoms with Crippen LogP contribution in [0.5, 0.6) is 0 Å². The Morgan fingerprint density at radius 3 is 1.55 bits per heavy atom. The standard InChI is InChI=1S/C32H29N3O3/c1-4-33-26-16-10-24(11-17-26)31(37)34(22(2)3)28-18-14-25(15-19-28)32(38)35(27-8-6-5-7-9-27)29-20-12-23(13-21-29)30(33)36/h5-22H,4H2,1-3H3. The van der Waals surface area contributed by atoms with E-state index in [0.717, 1.165) is 0 Å². The van der Waals surface area contributed by atoms with Crippen molar-refractivity contribution in [1.29, 1.82) is 0 Å². The van der Waals surface area contributed by atoms with Gasteiger partial charge in [0.15, 0.2) is 0 Å². The first kappa shape index (κ1) is 25.0. The van der Waals surface area contributed by atoms with Crippen LogP contribution in [0.2, 0.25) is 0 Å². The minimum Gasteiger partial charge on any atom is -0.309 e. The van der Waals surface area contributed by atoms with Crippen LogP contribution in [0, 0.1) is 0 Å². The van der Waals surface area contributed by atoms with Crippen LogP contribution >= 0.6 is 0 Å². The van der Waals surface area contributed by atoms with Crippen LogP contribution in [0.1, 0.15) is 26.8 Å². The molecule has 0 saturated heterocycles. The van der Waals surface area contributed by atoms with Crippen LogP contribution in [0.3, 0.4) is 0 Å². The molecule has 8 aromatic rings. The molecule has 8 rings (SSSR count). The van der Waals surface area contributed by atoms with Gasteiger partial charge in [-0.1, -0.05) is 18.2 Å². The molecule has 0 saturated carbocycles. The Morgan fingerprint density at radius 2 is 1.03 bits per heavy atom. The maximum atomic E-state index is 13.8. The molecular formula is C32H29N3O3. The monoisotopic (exact) mass is 503 g/mol. The Kier molecular flexibility index (Phi) is 6.79. The molecule has 0 aliphatic carbocycles. The van der Waals surface area contributed by atoms with Crippen molar-refractivity contribution >= 4 is 32.7 Å². The van der Waals surface area contributed by atoms with Gasteiger partial charge in [0, 0.05) is 51.0 Å². The number of aromatic nitrogens is 3. The normalized spacial score (nSPS) is 11.2. The van der Waals surface area contributed by atoms with E-state index in [1.807, 2.05) is 75.4 Å². The van der Waals surface area contributed by atoms with E-state index in [1.54, 1.807) is 62.2 Å². The van der Waals surface area contributed by atoms with Crippen LogP contribution in [0.4, 0.5) is 0 Å². The summed E-state index contributed by atoms with van der Waals surface area (Å²) in [5.74, 6) is 0. The molecule has 0 radical (unpaired) electrons. The van der Waals surface area contributed by atoms with Crippen molar-refractivity contribution in [2.75, 3.05) is 0 Å². The van der Waals surface area contributed by atoms with Crippen molar-refractivity contribution in [2.24, 2.45) is 0 Å². The maximum Gasteiger partial charge on any atom is 0.262 e. The highest BCUT2D eigenvalue weighted by Crippen LogP contribution is 2.13. The first-order valence-electron chi connectivity index (χ1n) is 12.7. The van der Waals surface area contributed by atoms with Gasteiger partial charge in [0.1, 0.15) is 0 Å². The highest BCUT2D eigenvalue weighted by Gasteiger charge is 2.07. The summed E-state index contributed by atoms with van der Waals surface area (Å²) in [4.78, 5) is 40.8. The van der Waals surface area contributed by atoms with Gasteiger partial charge < -0.3 is 9.13 Å². The minimum absolute atomic E-state index is 0.109. The second-order valence-corrected chi connectivity index (χ2v) is 9.44. The fourth-order valence-corrected chi connectivity index (χ4v) is 4.78. The minimum atomic E-state index is -0.213. The van der Waals surface area contributed by atoms with Crippen molar-refractivity contribution < 1.29 is 0 Å². The predicted octanol–water partition coefficient (Wildman–Crippen LogP) is 5.91. The molecule has 6 heteroatoms. The average Bonchev–Trinajstić information content (AvgIpc) is 2.94. The molecule has 4 heterocycles. The van der Waals surface area contributed by atoms with E-state index >= 15 is 0 Å². The van der Waals surface area contributed by atoms with Gasteiger partial charge in [-0.3, -0.25) is 19.0 Å². The zero-order valence-electron chi connectivity index (χ0n) is 21.7. The molecule has 0 atom stereocenters. The largest absolute Gasteiger partial charge is 0.309 e. The summed E-state index contributed by atoms with van der Waals surface area (Å²) >= 11 is 0. The molecule has 0 N–H and O–H groups in total. The lowest BCUT2D eigenvalue weighted by molar-refractivity contribution is 0.603. The second-order valence-electron chi connectivity index (χ2n) is 9.44. The number of para-hydroxylation sites is 1. The van der Waals surface area contributed by atoms with E-state index in [2.05, 4.69) is 0 Å². The molecule has 0 fully saturated rings. The molecule has 38 heavy (non-hydrogen) atoms. The maximum absolute atomic E-state index is 13.8. The SMILES string of the molecule is CCn1c(=O)c2ccc(cc2)n(-c2ccccc2)c(=O)c2ccc(cc2)n(C(C)C)c(=O)c2ccc1cc2. The van der Waals surface area contributed by atoms with Crippen LogP contribution in [-0.2, 0) is 6.54 Å². The topological polar surface area (TPSA) is 66.0 Å². The first-order chi connectivity index (χ1) is 18.4. The summed E-state index contributed by atoms with van der Waals surface area (Å²) in [6.45, 7) is 6.29. The molecule has 0 spiro atoms. The van der Waals surface area contributed by atoms with E-state index < -0.39 is 0 Å². The summed E-state index contributed by atoms with van der Waals surface area (Å²) in [7, 11) is 0. The van der Waals surface area contributed by atoms with Crippen molar-refractivity contribution in [3.8, 4) is 5.69 Å². The van der Waals surface area contributed by atoms with Crippen molar-refractivity contribution in [1.82, 2.24) is 13.7 Å². The number of hydrogen-bond donors (Lipinski definition) is 0. The Balaban J connectivity index is 2.02. The molecule has 0 unspecified atom stereocenters. The average molecular weight is 504 g/mol. The summed E-state index contributed by atoms with van der Waals surface area (Å²) < 4.78 is 5.01. The van der Waals surface area contributed by atoms with Crippen molar-refractivity contribution in [2.45, 2.75) is 33.4 Å². The smallest absolute Gasteiger partial charge is 0.262 e. The lowest BCUT2D eigenvalue weighted by Crippen LogP contribution is -2.21. The van der Waals surface area contributed by atoms with Crippen LogP contribution in [-0.4, -0.2) is 13.7 Å². The van der Waals surface area contributed by atoms with Gasteiger partial charge in [-0.25, -0.2) is 0 Å². The van der Waals surface area contributed by atoms with Crippen molar-refractivity contribution in [3.63, 3.8) is 0 Å². The molecule has 190 valence electrons. The lowest BCUT2D eigenvalue weighted by Gasteiger charge is -2.11. The summed E-state index contributed by atoms with van der Waals surface area (Å²) in [5, 5.41) is 1.51. The summed E-state index contributed by atoms with van der Waals surface area (Å²) in [5.41, 5.74) is 2.25. The Morgan fingerprint density at radius 1 is 0.553 bits per heavy atom. The van der Waals surface area contributed by atoms with E-state index in [1.165, 1.54) is 0 Å². The van der Waals surface area contributed by atoms with Crippen LogP contribution < -0.4 is 16.7 Å². The molecule has 4 aromatic heterocycles. The third-order valence-electron chi connectivity index (χ3n) is 6.70. The van der Waals surface area contributed by atoms with Gasteiger partial charge >= 0.3 is 0 Å². The van der Waals surface area contributed by atoms with Gasteiger partial charge in [-0.05, 0) is 106 Å². The number of benzene rings is 4. The molecular weight excluding hydrogens is 474 g/mol. The lowest BCUT2D eigenvalue weighted by atomic mass is 10.2. The fraction of sp³-hybridized carbons (Fsp3) is 0.156. The second kappa shape index (κ2) is 10.3. The van der Waals surface area contributed by atoms with Crippen LogP contribution in [0.15, 0.2) is 118 Å². The van der Waals surface area contributed by atoms with Gasteiger partial charge in [-0.15, -0.1) is 0 Å². The molecule has 0 amide bonds. The van der Waals surface area contributed by atoms with E-state index in [9.17, 15) is 14.4 Å². The Labute approximate surface area is 219 Å². The highest BCUT2D eigenvalue weighted by atomic mass is 16.1. The van der Waals surface area contributed by atoms with E-state index in [0.29, 0.717) is 44.9 Å². The first-order valence-corrected chi connectivity index (χ1v) is 12.7. The number of fused-ring (bicyclic) bond motifs is 3. The molecule has 0 aliphatic heterocycles. The Hall–Kier alpha value is -4.71.